The molecule has 0 saturated heterocycles. The second kappa shape index (κ2) is 13.1. The Morgan fingerprint density at radius 1 is 0.938 bits per heavy atom. The zero-order valence-electron chi connectivity index (χ0n) is 18.7. The minimum atomic E-state index is 0.00475. The van der Waals surface area contributed by atoms with Crippen molar-refractivity contribution < 1.29 is 9.53 Å². The van der Waals surface area contributed by atoms with E-state index in [2.05, 4.69) is 17.4 Å². The predicted molar refractivity (Wildman–Crippen MR) is 132 cm³/mol. The van der Waals surface area contributed by atoms with Gasteiger partial charge in [-0.1, -0.05) is 72.8 Å². The summed E-state index contributed by atoms with van der Waals surface area (Å²) in [6, 6.07) is 28.2. The van der Waals surface area contributed by atoms with Gasteiger partial charge >= 0.3 is 0 Å². The van der Waals surface area contributed by atoms with Gasteiger partial charge in [-0.3, -0.25) is 4.79 Å². The molecule has 166 valence electrons. The molecular weight excluding hydrogens is 396 g/mol. The third kappa shape index (κ3) is 8.05. The fraction of sp³-hybridized carbons (Fsp3) is 0.250. The largest absolute Gasteiger partial charge is 0.494 e. The normalized spacial score (nSPS) is 10.9. The summed E-state index contributed by atoms with van der Waals surface area (Å²) in [5, 5.41) is 3.12. The highest BCUT2D eigenvalue weighted by molar-refractivity contribution is 5.91. The maximum absolute atomic E-state index is 13.1. The zero-order valence-corrected chi connectivity index (χ0v) is 18.7. The molecule has 0 saturated carbocycles. The van der Waals surface area contributed by atoms with Crippen LogP contribution in [-0.2, 0) is 17.8 Å². The Morgan fingerprint density at radius 2 is 1.66 bits per heavy atom. The Kier molecular flexibility index (Phi) is 9.56. The van der Waals surface area contributed by atoms with E-state index in [-0.39, 0.29) is 5.91 Å². The first-order chi connectivity index (χ1) is 15.7. The molecule has 0 aliphatic rings. The lowest BCUT2D eigenvalue weighted by Gasteiger charge is -2.22. The number of nitrogens with zero attached hydrogens (tertiary/aromatic N) is 1. The van der Waals surface area contributed by atoms with Crippen LogP contribution in [0.3, 0.4) is 0 Å². The van der Waals surface area contributed by atoms with E-state index >= 15 is 0 Å². The summed E-state index contributed by atoms with van der Waals surface area (Å²) in [6.45, 7) is 2.78. The Hall–Kier alpha value is -3.37. The van der Waals surface area contributed by atoms with Crippen LogP contribution in [0.1, 0.15) is 23.1 Å². The van der Waals surface area contributed by atoms with E-state index in [1.54, 1.807) is 6.08 Å². The van der Waals surface area contributed by atoms with Crippen LogP contribution >= 0.6 is 0 Å². The molecule has 3 rings (SSSR count). The molecule has 0 unspecified atom stereocenters. The Bertz CT molecular complexity index is 971. The van der Waals surface area contributed by atoms with Crippen molar-refractivity contribution >= 4 is 12.0 Å². The van der Waals surface area contributed by atoms with Crippen molar-refractivity contribution in [3.05, 3.63) is 108 Å². The summed E-state index contributed by atoms with van der Waals surface area (Å²) >= 11 is 0. The number of carbonyl (C=O) groups excluding carboxylic acids is 1. The number of rotatable bonds is 12. The van der Waals surface area contributed by atoms with Crippen molar-refractivity contribution in [2.45, 2.75) is 19.4 Å². The van der Waals surface area contributed by atoms with Crippen LogP contribution < -0.4 is 10.1 Å². The molecule has 0 fully saturated rings. The molecule has 3 aromatic rings. The lowest BCUT2D eigenvalue weighted by Crippen LogP contribution is -2.31. The van der Waals surface area contributed by atoms with Crippen LogP contribution in [0.15, 0.2) is 91.0 Å². The molecule has 0 bridgehead atoms. The number of benzene rings is 3. The van der Waals surface area contributed by atoms with Crippen LogP contribution in [-0.4, -0.2) is 37.6 Å². The van der Waals surface area contributed by atoms with E-state index in [0.717, 1.165) is 36.3 Å². The summed E-state index contributed by atoms with van der Waals surface area (Å²) in [4.78, 5) is 15.0. The Morgan fingerprint density at radius 3 is 2.41 bits per heavy atom. The number of hydrogen-bond acceptors (Lipinski definition) is 3. The molecule has 0 atom stereocenters. The van der Waals surface area contributed by atoms with Crippen molar-refractivity contribution in [1.29, 1.82) is 0 Å². The summed E-state index contributed by atoms with van der Waals surface area (Å²) in [5.41, 5.74) is 3.30. The lowest BCUT2D eigenvalue weighted by atomic mass is 10.1. The number of hydrogen-bond donors (Lipinski definition) is 1. The second-order valence-corrected chi connectivity index (χ2v) is 7.69. The van der Waals surface area contributed by atoms with Crippen molar-refractivity contribution in [2.75, 3.05) is 26.7 Å². The first-order valence-corrected chi connectivity index (χ1v) is 11.2. The van der Waals surface area contributed by atoms with E-state index in [1.165, 1.54) is 5.56 Å². The van der Waals surface area contributed by atoms with Crippen molar-refractivity contribution in [2.24, 2.45) is 0 Å². The predicted octanol–water partition coefficient (Wildman–Crippen LogP) is 4.96. The molecule has 0 spiro atoms. The molecule has 1 amide bonds. The molecule has 0 aromatic heterocycles. The highest BCUT2D eigenvalue weighted by atomic mass is 16.5. The molecule has 0 aliphatic carbocycles. The van der Waals surface area contributed by atoms with Crippen LogP contribution in [0.25, 0.3) is 6.08 Å². The summed E-state index contributed by atoms with van der Waals surface area (Å²) < 4.78 is 5.87. The Balaban J connectivity index is 1.68. The molecule has 0 aliphatic heterocycles. The second-order valence-electron chi connectivity index (χ2n) is 7.69. The van der Waals surface area contributed by atoms with Gasteiger partial charge in [0, 0.05) is 19.2 Å². The molecule has 32 heavy (non-hydrogen) atoms. The standard InChI is InChI=1S/C28H32N2O2/c1-29-19-9-21-32-27-15-8-14-26(22-27)23-30(20-18-25-12-6-3-7-13-25)28(31)17-16-24-10-4-2-5-11-24/h2-8,10-17,22,29H,9,18-21,23H2,1H3. The first kappa shape index (κ1) is 23.3. The topological polar surface area (TPSA) is 41.6 Å². The Labute approximate surface area is 191 Å². The van der Waals surface area contributed by atoms with Gasteiger partial charge in [0.2, 0.25) is 5.91 Å². The summed E-state index contributed by atoms with van der Waals surface area (Å²) in [7, 11) is 1.94. The van der Waals surface area contributed by atoms with Gasteiger partial charge in [-0.2, -0.15) is 0 Å². The fourth-order valence-electron chi connectivity index (χ4n) is 3.41. The van der Waals surface area contributed by atoms with Gasteiger partial charge in [-0.05, 0) is 61.3 Å². The minimum absolute atomic E-state index is 0.00475. The quantitative estimate of drug-likeness (QED) is 0.327. The van der Waals surface area contributed by atoms with Gasteiger partial charge in [0.15, 0.2) is 0 Å². The SMILES string of the molecule is CNCCCOc1cccc(CN(CCc2ccccc2)C(=O)C=Cc2ccccc2)c1. The lowest BCUT2D eigenvalue weighted by molar-refractivity contribution is -0.126. The molecular formula is C28H32N2O2. The van der Waals surface area contributed by atoms with E-state index in [1.807, 2.05) is 90.8 Å². The van der Waals surface area contributed by atoms with Gasteiger partial charge in [-0.15, -0.1) is 0 Å². The molecule has 0 heterocycles. The van der Waals surface area contributed by atoms with Crippen LogP contribution in [0, 0.1) is 0 Å². The van der Waals surface area contributed by atoms with Crippen molar-refractivity contribution in [3.8, 4) is 5.75 Å². The monoisotopic (exact) mass is 428 g/mol. The van der Waals surface area contributed by atoms with E-state index in [9.17, 15) is 4.79 Å². The van der Waals surface area contributed by atoms with Crippen LogP contribution in [0.5, 0.6) is 5.75 Å². The minimum Gasteiger partial charge on any atom is -0.494 e. The van der Waals surface area contributed by atoms with E-state index < -0.39 is 0 Å². The van der Waals surface area contributed by atoms with Gasteiger partial charge in [0.1, 0.15) is 5.75 Å². The average molecular weight is 429 g/mol. The zero-order chi connectivity index (χ0) is 22.4. The summed E-state index contributed by atoms with van der Waals surface area (Å²) in [6.07, 6.45) is 5.30. The van der Waals surface area contributed by atoms with Gasteiger partial charge in [-0.25, -0.2) is 0 Å². The third-order valence-electron chi connectivity index (χ3n) is 5.15. The van der Waals surface area contributed by atoms with E-state index in [4.69, 9.17) is 4.74 Å². The highest BCUT2D eigenvalue weighted by Crippen LogP contribution is 2.16. The highest BCUT2D eigenvalue weighted by Gasteiger charge is 2.12. The van der Waals surface area contributed by atoms with Crippen LogP contribution in [0.4, 0.5) is 0 Å². The average Bonchev–Trinajstić information content (AvgIpc) is 2.84. The molecule has 3 aromatic carbocycles. The summed E-state index contributed by atoms with van der Waals surface area (Å²) in [5.74, 6) is 0.846. The first-order valence-electron chi connectivity index (χ1n) is 11.2. The number of nitrogens with one attached hydrogen (secondary N) is 1. The maximum Gasteiger partial charge on any atom is 0.246 e. The molecule has 0 radical (unpaired) electrons. The third-order valence-corrected chi connectivity index (χ3v) is 5.15. The molecule has 1 N–H and O–H groups in total. The number of carbonyl (C=O) groups is 1. The number of ether oxygens (including phenoxy) is 1. The van der Waals surface area contributed by atoms with Crippen molar-refractivity contribution in [1.82, 2.24) is 10.2 Å². The molecule has 4 heteroatoms. The van der Waals surface area contributed by atoms with Gasteiger partial charge in [0.05, 0.1) is 6.61 Å². The molecule has 4 nitrogen and oxygen atoms in total. The maximum atomic E-state index is 13.1. The van der Waals surface area contributed by atoms with Crippen molar-refractivity contribution in [3.63, 3.8) is 0 Å². The number of amides is 1. The van der Waals surface area contributed by atoms with Crippen LogP contribution in [0.2, 0.25) is 0 Å². The van der Waals surface area contributed by atoms with E-state index in [0.29, 0.717) is 19.7 Å². The van der Waals surface area contributed by atoms with Gasteiger partial charge < -0.3 is 15.0 Å². The smallest absolute Gasteiger partial charge is 0.246 e. The van der Waals surface area contributed by atoms with Gasteiger partial charge in [0.25, 0.3) is 0 Å². The fourth-order valence-corrected chi connectivity index (χ4v) is 3.41.